The van der Waals surface area contributed by atoms with Crippen LogP contribution in [0.1, 0.15) is 60.1 Å². The van der Waals surface area contributed by atoms with Gasteiger partial charge in [0.2, 0.25) is 0 Å². The van der Waals surface area contributed by atoms with Crippen LogP contribution < -0.4 is 4.90 Å². The fourth-order valence-corrected chi connectivity index (χ4v) is 10.4. The molecule has 3 aliphatic rings. The lowest BCUT2D eigenvalue weighted by molar-refractivity contribution is 0.660. The van der Waals surface area contributed by atoms with Crippen molar-refractivity contribution in [3.05, 3.63) is 173 Å². The number of fused-ring (bicyclic) bond motifs is 5. The molecule has 0 radical (unpaired) electrons. The van der Waals surface area contributed by atoms with Gasteiger partial charge in [0, 0.05) is 21.7 Å². The zero-order valence-electron chi connectivity index (χ0n) is 29.4. The van der Waals surface area contributed by atoms with Crippen molar-refractivity contribution in [2.45, 2.75) is 57.8 Å². The van der Waals surface area contributed by atoms with E-state index in [2.05, 4.69) is 158 Å². The summed E-state index contributed by atoms with van der Waals surface area (Å²) in [7, 11) is 0. The topological polar surface area (TPSA) is 3.24 Å². The first-order valence-electron chi connectivity index (χ1n) is 18.6. The number of benzene rings is 6. The Bertz CT molecular complexity index is 2400. The molecule has 7 aromatic rings. The van der Waals surface area contributed by atoms with Crippen LogP contribution in [0.25, 0.3) is 43.8 Å². The van der Waals surface area contributed by atoms with Crippen molar-refractivity contribution in [3.8, 4) is 43.8 Å². The molecule has 6 aromatic carbocycles. The van der Waals surface area contributed by atoms with Gasteiger partial charge in [0.15, 0.2) is 0 Å². The van der Waals surface area contributed by atoms with Crippen LogP contribution in [0.5, 0.6) is 0 Å². The predicted octanol–water partition coefficient (Wildman–Crippen LogP) is 13.5. The van der Waals surface area contributed by atoms with E-state index in [1.807, 2.05) is 11.3 Å². The van der Waals surface area contributed by atoms with Gasteiger partial charge in [-0.15, -0.1) is 11.3 Å². The van der Waals surface area contributed by atoms with Crippen molar-refractivity contribution in [3.63, 3.8) is 0 Å². The summed E-state index contributed by atoms with van der Waals surface area (Å²) >= 11 is 1.87. The summed E-state index contributed by atoms with van der Waals surface area (Å²) in [4.78, 5) is 3.81. The zero-order valence-corrected chi connectivity index (χ0v) is 30.2. The molecule has 0 unspecified atom stereocenters. The van der Waals surface area contributed by atoms with Gasteiger partial charge < -0.3 is 4.90 Å². The van der Waals surface area contributed by atoms with E-state index in [0.29, 0.717) is 0 Å². The van der Waals surface area contributed by atoms with Gasteiger partial charge in [-0.25, -0.2) is 0 Å². The van der Waals surface area contributed by atoms with E-state index >= 15 is 0 Å². The van der Waals surface area contributed by atoms with Crippen LogP contribution in [0.4, 0.5) is 16.4 Å². The van der Waals surface area contributed by atoms with Gasteiger partial charge in [0.05, 0.1) is 0 Å². The van der Waals surface area contributed by atoms with Gasteiger partial charge in [-0.3, -0.25) is 0 Å². The Kier molecular flexibility index (Phi) is 7.18. The summed E-state index contributed by atoms with van der Waals surface area (Å²) in [5.74, 6) is 0. The predicted molar refractivity (Wildman–Crippen MR) is 217 cm³/mol. The van der Waals surface area contributed by atoms with Crippen molar-refractivity contribution >= 4 is 27.7 Å². The quantitative estimate of drug-likeness (QED) is 0.170. The fraction of sp³-hybridized carbons (Fsp3) is 0.184. The lowest BCUT2D eigenvalue weighted by Gasteiger charge is -2.29. The summed E-state index contributed by atoms with van der Waals surface area (Å²) in [6.07, 6.45) is 7.28. The molecular weight excluding hydrogens is 635 g/mol. The molecule has 0 spiro atoms. The van der Waals surface area contributed by atoms with Crippen molar-refractivity contribution in [1.82, 2.24) is 0 Å². The largest absolute Gasteiger partial charge is 0.302 e. The first kappa shape index (κ1) is 30.6. The Morgan fingerprint density at radius 3 is 1.82 bits per heavy atom. The highest BCUT2D eigenvalue weighted by Gasteiger charge is 2.39. The number of nitrogens with zero attached hydrogens (tertiary/aromatic N) is 1. The molecule has 2 heteroatoms. The van der Waals surface area contributed by atoms with E-state index < -0.39 is 0 Å². The molecule has 0 bridgehead atoms. The van der Waals surface area contributed by atoms with E-state index in [-0.39, 0.29) is 5.41 Å². The molecule has 0 amide bonds. The fourth-order valence-electron chi connectivity index (χ4n) is 9.31. The van der Waals surface area contributed by atoms with E-state index in [9.17, 15) is 0 Å². The number of rotatable bonds is 6. The highest BCUT2D eigenvalue weighted by Crippen LogP contribution is 2.56. The average molecular weight is 676 g/mol. The van der Waals surface area contributed by atoms with Gasteiger partial charge in [0.1, 0.15) is 5.00 Å². The molecule has 1 aromatic heterocycles. The smallest absolute Gasteiger partial charge is 0.101 e. The second-order valence-electron chi connectivity index (χ2n) is 15.1. The normalized spacial score (nSPS) is 14.9. The first-order valence-corrected chi connectivity index (χ1v) is 19.4. The Morgan fingerprint density at radius 1 is 0.490 bits per heavy atom. The number of hydrogen-bond acceptors (Lipinski definition) is 2. The lowest BCUT2D eigenvalue weighted by Crippen LogP contribution is -2.16. The Morgan fingerprint density at radius 2 is 1.12 bits per heavy atom. The minimum atomic E-state index is -0.120. The number of anilines is 3. The molecule has 0 atom stereocenters. The summed E-state index contributed by atoms with van der Waals surface area (Å²) in [6, 6.07) is 52.2. The minimum absolute atomic E-state index is 0.120. The molecule has 10 rings (SSSR count). The highest BCUT2D eigenvalue weighted by atomic mass is 32.1. The maximum atomic E-state index is 2.58. The third-order valence-electron chi connectivity index (χ3n) is 11.8. The summed E-state index contributed by atoms with van der Waals surface area (Å²) in [5, 5.41) is 1.23. The molecule has 248 valence electrons. The monoisotopic (exact) mass is 675 g/mol. The molecule has 0 saturated carbocycles. The molecule has 0 aliphatic heterocycles. The highest BCUT2D eigenvalue weighted by molar-refractivity contribution is 7.19. The van der Waals surface area contributed by atoms with Gasteiger partial charge in [-0.1, -0.05) is 117 Å². The van der Waals surface area contributed by atoms with Crippen LogP contribution in [-0.2, 0) is 31.1 Å². The Hall–Kier alpha value is -5.18. The molecule has 3 aliphatic carbocycles. The Balaban J connectivity index is 1.23. The van der Waals surface area contributed by atoms with Crippen LogP contribution in [0, 0.1) is 0 Å². The zero-order chi connectivity index (χ0) is 34.1. The van der Waals surface area contributed by atoms with Crippen molar-refractivity contribution in [2.75, 3.05) is 4.90 Å². The van der Waals surface area contributed by atoms with Crippen LogP contribution >= 0.6 is 11.3 Å². The number of thiophene rings is 1. The van der Waals surface area contributed by atoms with E-state index in [0.717, 1.165) is 0 Å². The number of aryl methyl sites for hydroxylation is 2. The standard InChI is InChI=1S/C49H41NS/c1-49(2)43-22-10-9-19-41(43)48-42(47-39-20-11-17-35(39)29-36-18-12-21-40(36)47)30-38(31-44(48)49)50(46-28-27-45(51-46)34-15-7-4-8-16-34)37-25-23-33(24-26-37)32-13-5-3-6-14-32/h3-10,13-16,19,22-31H,11-12,17-18,20-21H2,1-2H3. The van der Waals surface area contributed by atoms with Crippen molar-refractivity contribution in [2.24, 2.45) is 0 Å². The van der Waals surface area contributed by atoms with E-state index in [1.54, 1.807) is 27.8 Å². The molecule has 1 nitrogen and oxygen atoms in total. The van der Waals surface area contributed by atoms with Gasteiger partial charge in [-0.05, 0) is 147 Å². The van der Waals surface area contributed by atoms with Crippen LogP contribution in [0.2, 0.25) is 0 Å². The molecule has 0 N–H and O–H groups in total. The Labute approximate surface area is 305 Å². The SMILES string of the molecule is CC1(C)c2ccccc2-c2c(-c3c4c(cc5c3CCC5)CCC4)cc(N(c3ccc(-c4ccccc4)cc3)c3ccc(-c4ccccc4)s3)cc21. The second kappa shape index (κ2) is 12.0. The third-order valence-corrected chi connectivity index (χ3v) is 12.9. The van der Waals surface area contributed by atoms with Crippen LogP contribution in [0.3, 0.4) is 0 Å². The van der Waals surface area contributed by atoms with Crippen LogP contribution in [0.15, 0.2) is 140 Å². The second-order valence-corrected chi connectivity index (χ2v) is 16.1. The molecular formula is C49H41NS. The first-order chi connectivity index (χ1) is 25.0. The minimum Gasteiger partial charge on any atom is -0.302 e. The summed E-state index contributed by atoms with van der Waals surface area (Å²) < 4.78 is 0. The van der Waals surface area contributed by atoms with E-state index in [1.165, 1.54) is 104 Å². The van der Waals surface area contributed by atoms with Crippen molar-refractivity contribution < 1.29 is 0 Å². The van der Waals surface area contributed by atoms with Crippen molar-refractivity contribution in [1.29, 1.82) is 0 Å². The number of hydrogen-bond donors (Lipinski definition) is 0. The third kappa shape index (κ3) is 4.95. The van der Waals surface area contributed by atoms with E-state index in [4.69, 9.17) is 0 Å². The molecule has 0 saturated heterocycles. The van der Waals surface area contributed by atoms with Gasteiger partial charge in [0.25, 0.3) is 0 Å². The molecule has 0 fully saturated rings. The maximum absolute atomic E-state index is 2.58. The average Bonchev–Trinajstić information content (AvgIpc) is 3.99. The van der Waals surface area contributed by atoms with Gasteiger partial charge in [-0.2, -0.15) is 0 Å². The lowest BCUT2D eigenvalue weighted by atomic mass is 9.80. The molecule has 1 heterocycles. The van der Waals surface area contributed by atoms with Gasteiger partial charge >= 0.3 is 0 Å². The summed E-state index contributed by atoms with van der Waals surface area (Å²) in [6.45, 7) is 4.87. The summed E-state index contributed by atoms with van der Waals surface area (Å²) in [5.41, 5.74) is 21.1. The molecule has 51 heavy (non-hydrogen) atoms. The maximum Gasteiger partial charge on any atom is 0.101 e. The van der Waals surface area contributed by atoms with Crippen LogP contribution in [-0.4, -0.2) is 0 Å².